The molecule has 0 atom stereocenters. The first-order valence-corrected chi connectivity index (χ1v) is 7.45. The summed E-state index contributed by atoms with van der Waals surface area (Å²) in [5.41, 5.74) is 0.0502. The molecule has 2 aliphatic rings. The van der Waals surface area contributed by atoms with Gasteiger partial charge in [0.25, 0.3) is 5.91 Å². The van der Waals surface area contributed by atoms with Gasteiger partial charge in [0, 0.05) is 12.6 Å². The summed E-state index contributed by atoms with van der Waals surface area (Å²) >= 11 is 0. The van der Waals surface area contributed by atoms with Crippen LogP contribution in [-0.4, -0.2) is 55.2 Å². The smallest absolute Gasteiger partial charge is 0.449 e. The molecule has 0 aromatic carbocycles. The first-order chi connectivity index (χ1) is 10.2. The maximum absolute atomic E-state index is 12.2. The molecule has 5 nitrogen and oxygen atoms in total. The molecule has 0 unspecified atom stereocenters. The van der Waals surface area contributed by atoms with Crippen LogP contribution in [0.15, 0.2) is 0 Å². The number of nitrogens with one attached hydrogen (secondary N) is 1. The van der Waals surface area contributed by atoms with Crippen LogP contribution in [0.25, 0.3) is 0 Å². The highest BCUT2D eigenvalue weighted by molar-refractivity contribution is 5.82. The van der Waals surface area contributed by atoms with E-state index in [9.17, 15) is 22.8 Å². The fraction of sp³-hybridized carbons (Fsp3) is 0.857. The molecule has 2 rings (SSSR count). The third kappa shape index (κ3) is 4.59. The number of hydrogen-bond donors (Lipinski definition) is 1. The molecule has 8 heteroatoms. The zero-order valence-corrected chi connectivity index (χ0v) is 12.5. The van der Waals surface area contributed by atoms with E-state index in [4.69, 9.17) is 0 Å². The Labute approximate surface area is 127 Å². The normalized spacial score (nSPS) is 21.3. The van der Waals surface area contributed by atoms with Crippen molar-refractivity contribution in [2.75, 3.05) is 26.2 Å². The molecular weight excluding hydrogens is 301 g/mol. The Morgan fingerprint density at radius 3 is 2.36 bits per heavy atom. The van der Waals surface area contributed by atoms with Gasteiger partial charge in [-0.25, -0.2) is 4.79 Å². The monoisotopic (exact) mass is 322 g/mol. The van der Waals surface area contributed by atoms with E-state index >= 15 is 0 Å². The zero-order chi connectivity index (χ0) is 16.4. The van der Waals surface area contributed by atoms with Crippen LogP contribution in [0.4, 0.5) is 13.2 Å². The molecule has 1 aliphatic heterocycles. The van der Waals surface area contributed by atoms with Crippen molar-refractivity contribution >= 4 is 11.9 Å². The molecule has 1 aliphatic carbocycles. The maximum Gasteiger partial charge on any atom is 0.490 e. The molecule has 0 bridgehead atoms. The average Bonchev–Trinajstić information content (AvgIpc) is 3.19. The largest absolute Gasteiger partial charge is 0.490 e. The Kier molecular flexibility index (Phi) is 4.99. The highest BCUT2D eigenvalue weighted by atomic mass is 19.4. The van der Waals surface area contributed by atoms with E-state index in [-0.39, 0.29) is 11.5 Å². The lowest BCUT2D eigenvalue weighted by atomic mass is 10.0. The summed E-state index contributed by atoms with van der Waals surface area (Å²) in [6.45, 7) is 3.26. The molecule has 0 spiro atoms. The predicted molar refractivity (Wildman–Crippen MR) is 72.0 cm³/mol. The van der Waals surface area contributed by atoms with Gasteiger partial charge in [-0.2, -0.15) is 13.2 Å². The van der Waals surface area contributed by atoms with Crippen LogP contribution in [0.2, 0.25) is 0 Å². The van der Waals surface area contributed by atoms with Crippen LogP contribution in [0.1, 0.15) is 32.6 Å². The molecule has 1 saturated carbocycles. The number of carbonyl (C=O) groups excluding carboxylic acids is 2. The highest BCUT2D eigenvalue weighted by Crippen LogP contribution is 2.46. The Bertz CT molecular complexity index is 430. The van der Waals surface area contributed by atoms with E-state index in [0.29, 0.717) is 6.54 Å². The molecule has 2 fully saturated rings. The van der Waals surface area contributed by atoms with E-state index in [1.807, 2.05) is 0 Å². The van der Waals surface area contributed by atoms with E-state index in [1.54, 1.807) is 4.90 Å². The maximum atomic E-state index is 12.2. The minimum Gasteiger partial charge on any atom is -0.449 e. The number of amides is 1. The second-order valence-electron chi connectivity index (χ2n) is 6.39. The average molecular weight is 322 g/mol. The Balaban J connectivity index is 1.94. The minimum atomic E-state index is -5.07. The number of rotatable bonds is 5. The fourth-order valence-electron chi connectivity index (χ4n) is 2.61. The number of piperidine rings is 1. The summed E-state index contributed by atoms with van der Waals surface area (Å²) in [5.74, 6) is -2.86. The number of carbonyl (C=O) groups is 2. The van der Waals surface area contributed by atoms with Crippen molar-refractivity contribution < 1.29 is 27.5 Å². The van der Waals surface area contributed by atoms with E-state index in [0.717, 1.165) is 38.8 Å². The first-order valence-electron chi connectivity index (χ1n) is 7.45. The summed E-state index contributed by atoms with van der Waals surface area (Å²) < 4.78 is 40.5. The third-order valence-corrected chi connectivity index (χ3v) is 4.28. The van der Waals surface area contributed by atoms with Crippen molar-refractivity contribution in [2.24, 2.45) is 5.41 Å². The van der Waals surface area contributed by atoms with Crippen molar-refractivity contribution in [3.63, 3.8) is 0 Å². The molecule has 126 valence electrons. The van der Waals surface area contributed by atoms with Gasteiger partial charge in [0.05, 0.1) is 0 Å². The quantitative estimate of drug-likeness (QED) is 0.779. The van der Waals surface area contributed by atoms with Crippen molar-refractivity contribution in [3.8, 4) is 0 Å². The molecule has 0 aromatic heterocycles. The van der Waals surface area contributed by atoms with Gasteiger partial charge in [-0.05, 0) is 44.2 Å². The fourth-order valence-corrected chi connectivity index (χ4v) is 2.61. The SMILES string of the molecule is CC1(CN(C(=O)COC(=O)C(F)(F)F)C2CCNCC2)CC1. The lowest BCUT2D eigenvalue weighted by Crippen LogP contribution is -2.49. The number of hydrogen-bond acceptors (Lipinski definition) is 4. The van der Waals surface area contributed by atoms with Gasteiger partial charge in [-0.3, -0.25) is 4.79 Å². The summed E-state index contributed by atoms with van der Waals surface area (Å²) in [6.07, 6.45) is -1.54. The van der Waals surface area contributed by atoms with Gasteiger partial charge < -0.3 is 15.0 Å². The lowest BCUT2D eigenvalue weighted by Gasteiger charge is -2.36. The summed E-state index contributed by atoms with van der Waals surface area (Å²) in [4.78, 5) is 24.6. The number of nitrogens with zero attached hydrogens (tertiary/aromatic N) is 1. The molecule has 1 N–H and O–H groups in total. The van der Waals surface area contributed by atoms with Crippen molar-refractivity contribution in [1.29, 1.82) is 0 Å². The predicted octanol–water partition coefficient (Wildman–Crippen LogP) is 1.47. The Morgan fingerprint density at radius 2 is 1.86 bits per heavy atom. The van der Waals surface area contributed by atoms with Gasteiger partial charge in [0.1, 0.15) is 0 Å². The summed E-state index contributed by atoms with van der Waals surface area (Å²) in [7, 11) is 0. The van der Waals surface area contributed by atoms with E-state index in [2.05, 4.69) is 17.0 Å². The lowest BCUT2D eigenvalue weighted by molar-refractivity contribution is -0.200. The molecular formula is C14H21F3N2O3. The Hall–Kier alpha value is -1.31. The zero-order valence-electron chi connectivity index (χ0n) is 12.5. The first kappa shape index (κ1) is 17.1. The highest BCUT2D eigenvalue weighted by Gasteiger charge is 2.43. The standard InChI is InChI=1S/C14H21F3N2O3/c1-13(4-5-13)9-19(10-2-6-18-7-3-10)11(20)8-22-12(21)14(15,16)17/h10,18H,2-9H2,1H3. The van der Waals surface area contributed by atoms with Gasteiger partial charge in [0.2, 0.25) is 0 Å². The van der Waals surface area contributed by atoms with E-state index in [1.165, 1.54) is 0 Å². The number of halogens is 3. The second-order valence-corrected chi connectivity index (χ2v) is 6.39. The summed E-state index contributed by atoms with van der Waals surface area (Å²) in [5, 5.41) is 3.19. The summed E-state index contributed by atoms with van der Waals surface area (Å²) in [6, 6.07) is -0.00392. The van der Waals surface area contributed by atoms with Crippen LogP contribution in [0.5, 0.6) is 0 Å². The third-order valence-electron chi connectivity index (χ3n) is 4.28. The Morgan fingerprint density at radius 1 is 1.27 bits per heavy atom. The molecule has 0 radical (unpaired) electrons. The molecule has 1 saturated heterocycles. The van der Waals surface area contributed by atoms with Crippen LogP contribution >= 0.6 is 0 Å². The molecule has 22 heavy (non-hydrogen) atoms. The molecule has 1 amide bonds. The van der Waals surface area contributed by atoms with Crippen molar-refractivity contribution in [1.82, 2.24) is 10.2 Å². The number of esters is 1. The molecule has 0 aromatic rings. The van der Waals surface area contributed by atoms with Crippen LogP contribution < -0.4 is 5.32 Å². The minimum absolute atomic E-state index is 0.00392. The van der Waals surface area contributed by atoms with Gasteiger partial charge in [-0.1, -0.05) is 6.92 Å². The second kappa shape index (κ2) is 6.44. The van der Waals surface area contributed by atoms with Crippen LogP contribution in [0.3, 0.4) is 0 Å². The van der Waals surface area contributed by atoms with Gasteiger partial charge >= 0.3 is 12.1 Å². The van der Waals surface area contributed by atoms with Crippen molar-refractivity contribution in [2.45, 2.75) is 44.8 Å². The van der Waals surface area contributed by atoms with Crippen molar-refractivity contribution in [3.05, 3.63) is 0 Å². The van der Waals surface area contributed by atoms with Gasteiger partial charge in [-0.15, -0.1) is 0 Å². The number of ether oxygens (including phenoxy) is 1. The van der Waals surface area contributed by atoms with Gasteiger partial charge in [0.15, 0.2) is 6.61 Å². The van der Waals surface area contributed by atoms with Crippen LogP contribution in [-0.2, 0) is 14.3 Å². The van der Waals surface area contributed by atoms with E-state index < -0.39 is 24.7 Å². The molecule has 1 heterocycles. The topological polar surface area (TPSA) is 58.6 Å². The number of alkyl halides is 3. The van der Waals surface area contributed by atoms with Crippen LogP contribution in [0, 0.1) is 5.41 Å².